The molecule has 0 spiro atoms. The number of aliphatic hydroxyl groups is 1. The number of aliphatic hydroxyl groups excluding tert-OH is 1. The van der Waals surface area contributed by atoms with Gasteiger partial charge in [-0.05, 0) is 24.3 Å². The minimum atomic E-state index is -1.57. The highest BCUT2D eigenvalue weighted by atomic mass is 16.4. The molecule has 1 aromatic rings. The van der Waals surface area contributed by atoms with E-state index in [-0.39, 0.29) is 17.1 Å². The van der Waals surface area contributed by atoms with Crippen molar-refractivity contribution < 1.29 is 24.9 Å². The van der Waals surface area contributed by atoms with Crippen LogP contribution in [-0.4, -0.2) is 27.1 Å². The lowest BCUT2D eigenvalue weighted by atomic mass is 10.1. The largest absolute Gasteiger partial charge is 0.507 e. The van der Waals surface area contributed by atoms with Crippen LogP contribution in [0.3, 0.4) is 0 Å². The number of allylic oxidation sites excluding steroid dienone is 2. The number of carboxylic acids is 1. The third-order valence-corrected chi connectivity index (χ3v) is 1.89. The first-order valence-electron chi connectivity index (χ1n) is 4.65. The van der Waals surface area contributed by atoms with E-state index in [1.165, 1.54) is 12.1 Å². The number of carbonyl (C=O) groups is 2. The molecule has 1 rings (SSSR count). The van der Waals surface area contributed by atoms with E-state index in [1.54, 1.807) is 12.1 Å². The van der Waals surface area contributed by atoms with Crippen molar-refractivity contribution in [2.45, 2.75) is 0 Å². The number of aliphatic carboxylic acids is 1. The van der Waals surface area contributed by atoms with E-state index in [9.17, 15) is 19.8 Å². The van der Waals surface area contributed by atoms with Gasteiger partial charge in [0.15, 0.2) is 0 Å². The molecule has 0 saturated carbocycles. The zero-order chi connectivity index (χ0) is 12.8. The fourth-order valence-electron chi connectivity index (χ4n) is 1.08. The summed E-state index contributed by atoms with van der Waals surface area (Å²) in [5.74, 6) is -3.04. The van der Waals surface area contributed by atoms with Crippen LogP contribution in [0.1, 0.15) is 5.56 Å². The molecule has 1 aromatic carbocycles. The smallest absolute Gasteiger partial charge is 0.376 e. The first-order valence-corrected chi connectivity index (χ1v) is 4.65. The molecular weight excluding hydrogens is 224 g/mol. The van der Waals surface area contributed by atoms with Crippen LogP contribution in [0.5, 0.6) is 5.75 Å². The topological polar surface area (TPSA) is 94.8 Å². The number of para-hydroxylation sites is 1. The Hall–Kier alpha value is -2.56. The van der Waals surface area contributed by atoms with Gasteiger partial charge in [0.25, 0.3) is 5.78 Å². The molecule has 0 unspecified atom stereocenters. The Kier molecular flexibility index (Phi) is 4.05. The highest BCUT2D eigenvalue weighted by molar-refractivity contribution is 6.37. The minimum absolute atomic E-state index is 0.112. The lowest BCUT2D eigenvalue weighted by Crippen LogP contribution is -2.08. The fourth-order valence-corrected chi connectivity index (χ4v) is 1.08. The maximum absolute atomic E-state index is 10.7. The van der Waals surface area contributed by atoms with Crippen molar-refractivity contribution in [1.29, 1.82) is 0 Å². The Bertz CT molecular complexity index is 499. The second-order valence-corrected chi connectivity index (χ2v) is 3.10. The Morgan fingerprint density at radius 1 is 1.12 bits per heavy atom. The molecule has 0 aliphatic heterocycles. The molecule has 0 atom stereocenters. The molecule has 0 heterocycles. The molecule has 0 bridgehead atoms. The molecule has 0 radical (unpaired) electrons. The molecule has 5 nitrogen and oxygen atoms in total. The number of phenolic OH excluding ortho intramolecular Hbond substituents is 1. The summed E-state index contributed by atoms with van der Waals surface area (Å²) in [6, 6.07) is 6.08. The monoisotopic (exact) mass is 234 g/mol. The third kappa shape index (κ3) is 3.49. The molecule has 5 heteroatoms. The van der Waals surface area contributed by atoms with Gasteiger partial charge in [0.05, 0.1) is 5.56 Å². The van der Waals surface area contributed by atoms with Gasteiger partial charge in [-0.15, -0.1) is 0 Å². The first-order chi connectivity index (χ1) is 8.02. The Labute approximate surface area is 96.9 Å². The second kappa shape index (κ2) is 5.50. The SMILES string of the molecule is O=C(O)C(=O)/C=C/C=C(\O)c1ccccc1O. The van der Waals surface area contributed by atoms with Gasteiger partial charge in [-0.3, -0.25) is 4.79 Å². The van der Waals surface area contributed by atoms with Crippen LogP contribution in [0.4, 0.5) is 0 Å². The van der Waals surface area contributed by atoms with E-state index in [0.717, 1.165) is 18.2 Å². The fraction of sp³-hybridized carbons (Fsp3) is 0. The molecule has 0 aliphatic carbocycles. The second-order valence-electron chi connectivity index (χ2n) is 3.10. The highest BCUT2D eigenvalue weighted by Crippen LogP contribution is 2.22. The minimum Gasteiger partial charge on any atom is -0.507 e. The van der Waals surface area contributed by atoms with Gasteiger partial charge in [-0.2, -0.15) is 0 Å². The van der Waals surface area contributed by atoms with Crippen molar-refractivity contribution in [3.63, 3.8) is 0 Å². The number of hydrogen-bond acceptors (Lipinski definition) is 4. The Morgan fingerprint density at radius 3 is 2.35 bits per heavy atom. The van der Waals surface area contributed by atoms with Gasteiger partial charge in [-0.25, -0.2) is 4.79 Å². The number of carbonyl (C=O) groups excluding carboxylic acids is 1. The summed E-state index contributed by atoms with van der Waals surface area (Å²) >= 11 is 0. The molecule has 0 fully saturated rings. The van der Waals surface area contributed by atoms with Crippen LogP contribution in [0.25, 0.3) is 5.76 Å². The third-order valence-electron chi connectivity index (χ3n) is 1.89. The predicted molar refractivity (Wildman–Crippen MR) is 60.5 cm³/mol. The lowest BCUT2D eigenvalue weighted by molar-refractivity contribution is -0.146. The number of benzene rings is 1. The van der Waals surface area contributed by atoms with Crippen molar-refractivity contribution in [2.24, 2.45) is 0 Å². The zero-order valence-corrected chi connectivity index (χ0v) is 8.70. The van der Waals surface area contributed by atoms with Crippen LogP contribution < -0.4 is 0 Å². The molecule has 0 aliphatic rings. The van der Waals surface area contributed by atoms with Crippen LogP contribution in [0, 0.1) is 0 Å². The Morgan fingerprint density at radius 2 is 1.76 bits per heavy atom. The number of aromatic hydroxyl groups is 1. The number of rotatable bonds is 4. The van der Waals surface area contributed by atoms with E-state index in [1.807, 2.05) is 0 Å². The van der Waals surface area contributed by atoms with Gasteiger partial charge in [0, 0.05) is 0 Å². The number of carboxylic acid groups (broad SMARTS) is 1. The zero-order valence-electron chi connectivity index (χ0n) is 8.70. The van der Waals surface area contributed by atoms with Gasteiger partial charge >= 0.3 is 5.97 Å². The standard InChI is InChI=1S/C12H10O5/c13-9-5-2-1-4-8(9)10(14)6-3-7-11(15)12(16)17/h1-7,13-14H,(H,16,17)/b7-3+,10-6-. The van der Waals surface area contributed by atoms with E-state index in [4.69, 9.17) is 5.11 Å². The summed E-state index contributed by atoms with van der Waals surface area (Å²) in [6.45, 7) is 0. The number of ketones is 1. The molecule has 0 saturated heterocycles. The van der Waals surface area contributed by atoms with Gasteiger partial charge in [-0.1, -0.05) is 18.2 Å². The summed E-state index contributed by atoms with van der Waals surface area (Å²) in [5, 5.41) is 27.2. The van der Waals surface area contributed by atoms with Gasteiger partial charge in [0.1, 0.15) is 11.5 Å². The van der Waals surface area contributed by atoms with Crippen LogP contribution in [-0.2, 0) is 9.59 Å². The molecular formula is C12H10O5. The van der Waals surface area contributed by atoms with Gasteiger partial charge < -0.3 is 15.3 Å². The highest BCUT2D eigenvalue weighted by Gasteiger charge is 2.06. The Balaban J connectivity index is 2.84. The summed E-state index contributed by atoms with van der Waals surface area (Å²) < 4.78 is 0. The van der Waals surface area contributed by atoms with E-state index in [0.29, 0.717) is 0 Å². The predicted octanol–water partition coefficient (Wildman–Crippen LogP) is 1.50. The van der Waals surface area contributed by atoms with E-state index < -0.39 is 11.8 Å². The maximum atomic E-state index is 10.7. The van der Waals surface area contributed by atoms with Crippen molar-refractivity contribution >= 4 is 17.5 Å². The average Bonchev–Trinajstić information content (AvgIpc) is 2.29. The molecule has 0 aromatic heterocycles. The summed E-state index contributed by atoms with van der Waals surface area (Å²) in [5.41, 5.74) is 0.194. The molecule has 88 valence electrons. The number of hydrogen-bond donors (Lipinski definition) is 3. The maximum Gasteiger partial charge on any atom is 0.376 e. The van der Waals surface area contributed by atoms with Crippen molar-refractivity contribution in [2.75, 3.05) is 0 Å². The number of phenols is 1. The summed E-state index contributed by atoms with van der Waals surface area (Å²) in [6.07, 6.45) is 3.02. The summed E-state index contributed by atoms with van der Waals surface area (Å²) in [4.78, 5) is 20.9. The summed E-state index contributed by atoms with van der Waals surface area (Å²) in [7, 11) is 0. The van der Waals surface area contributed by atoms with E-state index >= 15 is 0 Å². The quantitative estimate of drug-likeness (QED) is 0.317. The molecule has 0 amide bonds. The average molecular weight is 234 g/mol. The molecule has 3 N–H and O–H groups in total. The van der Waals surface area contributed by atoms with Crippen molar-refractivity contribution in [3.8, 4) is 5.75 Å². The first kappa shape index (κ1) is 12.5. The van der Waals surface area contributed by atoms with Gasteiger partial charge in [0.2, 0.25) is 0 Å². The van der Waals surface area contributed by atoms with Crippen molar-refractivity contribution in [1.82, 2.24) is 0 Å². The molecule has 17 heavy (non-hydrogen) atoms. The van der Waals surface area contributed by atoms with Crippen LogP contribution >= 0.6 is 0 Å². The van der Waals surface area contributed by atoms with E-state index in [2.05, 4.69) is 0 Å². The van der Waals surface area contributed by atoms with Crippen LogP contribution in [0.2, 0.25) is 0 Å². The lowest BCUT2D eigenvalue weighted by Gasteiger charge is -2.01. The van der Waals surface area contributed by atoms with Crippen LogP contribution in [0.15, 0.2) is 42.5 Å². The van der Waals surface area contributed by atoms with Crippen molar-refractivity contribution in [3.05, 3.63) is 48.1 Å². The normalized spacial score (nSPS) is 11.6.